The third-order valence-electron chi connectivity index (χ3n) is 2.86. The summed E-state index contributed by atoms with van der Waals surface area (Å²) in [4.78, 5) is 20.2. The number of nitrogens with zero attached hydrogens (tertiary/aromatic N) is 5. The first-order valence-corrected chi connectivity index (χ1v) is 6.57. The second-order valence-electron chi connectivity index (χ2n) is 4.23. The van der Waals surface area contributed by atoms with Crippen LogP contribution < -0.4 is 5.32 Å². The molecule has 1 N–H and O–H groups in total. The highest BCUT2D eigenvalue weighted by Crippen LogP contribution is 2.08. The molecule has 0 aliphatic heterocycles. The number of aryl methyl sites for hydroxylation is 2. The third kappa shape index (κ3) is 3.36. The number of pyridine rings is 1. The minimum Gasteiger partial charge on any atom is -0.288 e. The van der Waals surface area contributed by atoms with Gasteiger partial charge in [0.2, 0.25) is 5.95 Å². The lowest BCUT2D eigenvalue weighted by Gasteiger charge is -2.06. The molecular weight excluding hydrogens is 268 g/mol. The Hall–Kier alpha value is -2.88. The standard InChI is InChI=1S/C14H14N6O/c1-3-10-11(4-2)19-20-14(17-10)18-13(21)12-6-5-9(7-15)8-16-12/h5-6,8H,3-4H2,1-2H3,(H,17,18,20,21). The maximum atomic E-state index is 12.0. The quantitative estimate of drug-likeness (QED) is 0.911. The number of nitriles is 1. The van der Waals surface area contributed by atoms with E-state index in [1.54, 1.807) is 0 Å². The van der Waals surface area contributed by atoms with Gasteiger partial charge in [0.1, 0.15) is 11.8 Å². The zero-order valence-corrected chi connectivity index (χ0v) is 11.8. The highest BCUT2D eigenvalue weighted by Gasteiger charge is 2.11. The number of carbonyl (C=O) groups is 1. The molecule has 0 aromatic carbocycles. The smallest absolute Gasteiger partial charge is 0.276 e. The second-order valence-corrected chi connectivity index (χ2v) is 4.23. The van der Waals surface area contributed by atoms with Crippen molar-refractivity contribution in [1.82, 2.24) is 20.2 Å². The number of nitrogens with one attached hydrogen (secondary N) is 1. The van der Waals surface area contributed by atoms with Crippen LogP contribution in [0.25, 0.3) is 0 Å². The monoisotopic (exact) mass is 282 g/mol. The average Bonchev–Trinajstić information content (AvgIpc) is 2.54. The summed E-state index contributed by atoms with van der Waals surface area (Å²) in [6.07, 6.45) is 2.80. The van der Waals surface area contributed by atoms with Crippen LogP contribution in [-0.4, -0.2) is 26.1 Å². The number of rotatable bonds is 4. The van der Waals surface area contributed by atoms with E-state index in [0.717, 1.165) is 24.2 Å². The third-order valence-corrected chi connectivity index (χ3v) is 2.86. The first-order valence-electron chi connectivity index (χ1n) is 6.57. The van der Waals surface area contributed by atoms with Crippen molar-refractivity contribution in [2.45, 2.75) is 26.7 Å². The first kappa shape index (κ1) is 14.5. The molecule has 0 bridgehead atoms. The molecule has 7 heteroatoms. The fourth-order valence-corrected chi connectivity index (χ4v) is 1.75. The van der Waals surface area contributed by atoms with Gasteiger partial charge in [-0.1, -0.05) is 13.8 Å². The molecule has 0 saturated heterocycles. The van der Waals surface area contributed by atoms with Gasteiger partial charge in [0.05, 0.1) is 17.0 Å². The van der Waals surface area contributed by atoms with Gasteiger partial charge in [-0.25, -0.2) is 9.97 Å². The molecular formula is C14H14N6O. The molecule has 0 radical (unpaired) electrons. The Labute approximate surface area is 122 Å². The van der Waals surface area contributed by atoms with E-state index in [1.165, 1.54) is 18.3 Å². The van der Waals surface area contributed by atoms with Crippen molar-refractivity contribution in [2.75, 3.05) is 5.32 Å². The summed E-state index contributed by atoms with van der Waals surface area (Å²) in [5, 5.41) is 19.2. The molecule has 1 amide bonds. The van der Waals surface area contributed by atoms with E-state index in [9.17, 15) is 4.79 Å². The van der Waals surface area contributed by atoms with E-state index in [4.69, 9.17) is 5.26 Å². The van der Waals surface area contributed by atoms with Gasteiger partial charge in [-0.3, -0.25) is 10.1 Å². The van der Waals surface area contributed by atoms with Gasteiger partial charge >= 0.3 is 0 Å². The molecule has 0 unspecified atom stereocenters. The highest BCUT2D eigenvalue weighted by atomic mass is 16.2. The van der Waals surface area contributed by atoms with Crippen molar-refractivity contribution in [1.29, 1.82) is 5.26 Å². The minimum atomic E-state index is -0.437. The summed E-state index contributed by atoms with van der Waals surface area (Å²) in [6, 6.07) is 4.94. The predicted octanol–water partition coefficient (Wildman–Crippen LogP) is 1.52. The van der Waals surface area contributed by atoms with Crippen LogP contribution in [0.15, 0.2) is 18.3 Å². The van der Waals surface area contributed by atoms with Crippen LogP contribution in [0.1, 0.15) is 41.3 Å². The SMILES string of the molecule is CCc1nnc(NC(=O)c2ccc(C#N)cn2)nc1CC. The lowest BCUT2D eigenvalue weighted by Crippen LogP contribution is -2.17. The zero-order chi connectivity index (χ0) is 15.2. The molecule has 7 nitrogen and oxygen atoms in total. The van der Waals surface area contributed by atoms with Crippen LogP contribution in [0.2, 0.25) is 0 Å². The molecule has 0 saturated carbocycles. The fraction of sp³-hybridized carbons (Fsp3) is 0.286. The first-order chi connectivity index (χ1) is 10.2. The summed E-state index contributed by atoms with van der Waals surface area (Å²) < 4.78 is 0. The lowest BCUT2D eigenvalue weighted by atomic mass is 10.2. The molecule has 0 atom stereocenters. The summed E-state index contributed by atoms with van der Waals surface area (Å²) in [6.45, 7) is 3.95. The normalized spacial score (nSPS) is 9.95. The van der Waals surface area contributed by atoms with E-state index in [2.05, 4.69) is 25.5 Å². The van der Waals surface area contributed by atoms with Gasteiger partial charge in [-0.05, 0) is 25.0 Å². The largest absolute Gasteiger partial charge is 0.288 e. The summed E-state index contributed by atoms with van der Waals surface area (Å²) >= 11 is 0. The van der Waals surface area contributed by atoms with Gasteiger partial charge in [-0.2, -0.15) is 5.26 Å². The average molecular weight is 282 g/mol. The number of hydrogen-bond donors (Lipinski definition) is 1. The number of carbonyl (C=O) groups excluding carboxylic acids is 1. The van der Waals surface area contributed by atoms with E-state index in [-0.39, 0.29) is 11.6 Å². The Balaban J connectivity index is 2.17. The van der Waals surface area contributed by atoms with E-state index in [0.29, 0.717) is 5.56 Å². The predicted molar refractivity (Wildman–Crippen MR) is 75.5 cm³/mol. The van der Waals surface area contributed by atoms with Gasteiger partial charge < -0.3 is 0 Å². The van der Waals surface area contributed by atoms with Crippen molar-refractivity contribution in [3.05, 3.63) is 41.0 Å². The molecule has 0 aliphatic carbocycles. The van der Waals surface area contributed by atoms with E-state index < -0.39 is 5.91 Å². The van der Waals surface area contributed by atoms with E-state index in [1.807, 2.05) is 19.9 Å². The zero-order valence-electron chi connectivity index (χ0n) is 11.8. The molecule has 106 valence electrons. The Bertz CT molecular complexity index is 690. The van der Waals surface area contributed by atoms with E-state index >= 15 is 0 Å². The topological polar surface area (TPSA) is 104 Å². The van der Waals surface area contributed by atoms with Gasteiger partial charge in [0.25, 0.3) is 5.91 Å². The van der Waals surface area contributed by atoms with Crippen molar-refractivity contribution in [3.8, 4) is 6.07 Å². The number of hydrogen-bond acceptors (Lipinski definition) is 6. The van der Waals surface area contributed by atoms with Crippen molar-refractivity contribution in [2.24, 2.45) is 0 Å². The summed E-state index contributed by atoms with van der Waals surface area (Å²) in [7, 11) is 0. The Kier molecular flexibility index (Phi) is 4.51. The van der Waals surface area contributed by atoms with Crippen LogP contribution in [0, 0.1) is 11.3 Å². The molecule has 0 spiro atoms. The van der Waals surface area contributed by atoms with Crippen LogP contribution in [-0.2, 0) is 12.8 Å². The van der Waals surface area contributed by atoms with Crippen molar-refractivity contribution < 1.29 is 4.79 Å². The van der Waals surface area contributed by atoms with Crippen LogP contribution in [0.4, 0.5) is 5.95 Å². The molecule has 0 fully saturated rings. The van der Waals surface area contributed by atoms with Crippen molar-refractivity contribution >= 4 is 11.9 Å². The Morgan fingerprint density at radius 3 is 2.57 bits per heavy atom. The minimum absolute atomic E-state index is 0.153. The fourth-order valence-electron chi connectivity index (χ4n) is 1.75. The van der Waals surface area contributed by atoms with Crippen LogP contribution in [0.5, 0.6) is 0 Å². The summed E-state index contributed by atoms with van der Waals surface area (Å²) in [5.41, 5.74) is 2.22. The Morgan fingerprint density at radius 2 is 2.00 bits per heavy atom. The number of anilines is 1. The molecule has 21 heavy (non-hydrogen) atoms. The lowest BCUT2D eigenvalue weighted by molar-refractivity contribution is 0.102. The molecule has 2 aromatic rings. The maximum Gasteiger partial charge on any atom is 0.276 e. The van der Waals surface area contributed by atoms with Gasteiger partial charge in [0, 0.05) is 6.20 Å². The summed E-state index contributed by atoms with van der Waals surface area (Å²) in [5.74, 6) is -0.284. The molecule has 2 rings (SSSR count). The van der Waals surface area contributed by atoms with Gasteiger partial charge in [-0.15, -0.1) is 10.2 Å². The van der Waals surface area contributed by atoms with Gasteiger partial charge in [0.15, 0.2) is 0 Å². The second kappa shape index (κ2) is 6.52. The number of aromatic nitrogens is 4. The van der Waals surface area contributed by atoms with Crippen LogP contribution in [0.3, 0.4) is 0 Å². The highest BCUT2D eigenvalue weighted by molar-refractivity contribution is 6.01. The molecule has 0 aliphatic rings. The van der Waals surface area contributed by atoms with Crippen LogP contribution >= 0.6 is 0 Å². The Morgan fingerprint density at radius 1 is 1.24 bits per heavy atom. The maximum absolute atomic E-state index is 12.0. The number of amides is 1. The molecule has 2 aromatic heterocycles. The molecule has 2 heterocycles. The van der Waals surface area contributed by atoms with Crippen molar-refractivity contribution in [3.63, 3.8) is 0 Å².